The van der Waals surface area contributed by atoms with Crippen LogP contribution >= 0.6 is 0 Å². The number of aromatic hydroxyl groups is 1. The lowest BCUT2D eigenvalue weighted by molar-refractivity contribution is -0.386. The first-order valence-electron chi connectivity index (χ1n) is 4.86. The molecule has 0 spiro atoms. The second-order valence-electron chi connectivity index (χ2n) is 4.23. The zero-order chi connectivity index (χ0) is 11.9. The van der Waals surface area contributed by atoms with Gasteiger partial charge in [-0.15, -0.1) is 0 Å². The van der Waals surface area contributed by atoms with Crippen LogP contribution in [0.5, 0.6) is 5.75 Å². The van der Waals surface area contributed by atoms with Crippen LogP contribution in [0.1, 0.15) is 18.4 Å². The summed E-state index contributed by atoms with van der Waals surface area (Å²) < 4.78 is 13.1. The van der Waals surface area contributed by atoms with Crippen LogP contribution in [0.3, 0.4) is 0 Å². The molecule has 0 heterocycles. The van der Waals surface area contributed by atoms with Crippen LogP contribution in [0.2, 0.25) is 0 Å². The Hall–Kier alpha value is -1.69. The summed E-state index contributed by atoms with van der Waals surface area (Å²) in [6.07, 6.45) is 1.84. The number of nitrogens with two attached hydrogens (primary N) is 1. The molecule has 0 amide bonds. The minimum absolute atomic E-state index is 0.201. The van der Waals surface area contributed by atoms with E-state index in [2.05, 4.69) is 0 Å². The Morgan fingerprint density at radius 3 is 2.69 bits per heavy atom. The maximum Gasteiger partial charge on any atom is 0.313 e. The van der Waals surface area contributed by atoms with Gasteiger partial charge in [-0.3, -0.25) is 10.1 Å². The van der Waals surface area contributed by atoms with Crippen LogP contribution in [-0.4, -0.2) is 15.6 Å². The molecule has 3 N–H and O–H groups in total. The highest BCUT2D eigenvalue weighted by molar-refractivity contribution is 5.51. The van der Waals surface area contributed by atoms with Gasteiger partial charge in [0.15, 0.2) is 5.75 Å². The second kappa shape index (κ2) is 3.41. The lowest BCUT2D eigenvalue weighted by Gasteiger charge is -2.10. The van der Waals surface area contributed by atoms with Crippen molar-refractivity contribution in [2.75, 3.05) is 0 Å². The van der Waals surface area contributed by atoms with E-state index in [-0.39, 0.29) is 12.0 Å². The van der Waals surface area contributed by atoms with Crippen molar-refractivity contribution < 1.29 is 14.4 Å². The molecule has 0 atom stereocenters. The number of hydrogen-bond donors (Lipinski definition) is 2. The number of phenols is 1. The lowest BCUT2D eigenvalue weighted by Crippen LogP contribution is -2.24. The molecule has 0 aromatic heterocycles. The molecule has 2 rings (SSSR count). The van der Waals surface area contributed by atoms with E-state index < -0.39 is 27.7 Å². The lowest BCUT2D eigenvalue weighted by atomic mass is 10.0. The fourth-order valence-electron chi connectivity index (χ4n) is 1.63. The van der Waals surface area contributed by atoms with Crippen LogP contribution in [0.15, 0.2) is 12.1 Å². The van der Waals surface area contributed by atoms with E-state index in [1.165, 1.54) is 0 Å². The zero-order valence-electron chi connectivity index (χ0n) is 8.44. The van der Waals surface area contributed by atoms with Crippen molar-refractivity contribution >= 4 is 5.69 Å². The highest BCUT2D eigenvalue weighted by atomic mass is 19.1. The third kappa shape index (κ3) is 1.96. The molecule has 1 aliphatic rings. The quantitative estimate of drug-likeness (QED) is 0.603. The van der Waals surface area contributed by atoms with Gasteiger partial charge in [0, 0.05) is 11.1 Å². The summed E-state index contributed by atoms with van der Waals surface area (Å²) in [5, 5.41) is 20.2. The first kappa shape index (κ1) is 10.8. The molecule has 1 fully saturated rings. The number of hydrogen-bond acceptors (Lipinski definition) is 4. The largest absolute Gasteiger partial charge is 0.502 e. The Balaban J connectivity index is 2.40. The minimum atomic E-state index is -0.808. The molecule has 0 radical (unpaired) electrons. The average Bonchev–Trinajstić information content (AvgIpc) is 2.89. The molecule has 5 nitrogen and oxygen atoms in total. The third-order valence-electron chi connectivity index (χ3n) is 2.76. The maximum atomic E-state index is 13.1. The van der Waals surface area contributed by atoms with E-state index >= 15 is 0 Å². The number of nitro benzene ring substituents is 1. The number of halogens is 1. The molecule has 1 saturated carbocycles. The number of phenolic OH excluding ortho intramolecular Hbond substituents is 1. The van der Waals surface area contributed by atoms with E-state index in [9.17, 15) is 19.6 Å². The van der Waals surface area contributed by atoms with Gasteiger partial charge in [-0.05, 0) is 25.3 Å². The van der Waals surface area contributed by atoms with Crippen molar-refractivity contribution in [1.29, 1.82) is 0 Å². The highest BCUT2D eigenvalue weighted by Crippen LogP contribution is 2.40. The van der Waals surface area contributed by atoms with Crippen LogP contribution in [-0.2, 0) is 6.42 Å². The van der Waals surface area contributed by atoms with Gasteiger partial charge in [0.1, 0.15) is 5.82 Å². The Labute approximate surface area is 90.8 Å². The fraction of sp³-hybridized carbons (Fsp3) is 0.400. The van der Waals surface area contributed by atoms with Crippen molar-refractivity contribution in [2.24, 2.45) is 5.73 Å². The van der Waals surface area contributed by atoms with E-state index in [0.29, 0.717) is 6.07 Å². The SMILES string of the molecule is NC1(Cc2cc(F)cc([N+](=O)[O-])c2O)CC1. The predicted octanol–water partition coefficient (Wildman–Crippen LogP) is 1.47. The van der Waals surface area contributed by atoms with Crippen LogP contribution in [0, 0.1) is 15.9 Å². The normalized spacial score (nSPS) is 17.1. The Morgan fingerprint density at radius 2 is 2.19 bits per heavy atom. The standard InChI is InChI=1S/C10H11FN2O3/c11-7-3-6(5-10(12)1-2-10)9(14)8(4-7)13(15)16/h3-4,14H,1-2,5,12H2. The third-order valence-corrected chi connectivity index (χ3v) is 2.76. The number of benzene rings is 1. The van der Waals surface area contributed by atoms with Gasteiger partial charge in [-0.2, -0.15) is 0 Å². The number of rotatable bonds is 3. The molecule has 86 valence electrons. The van der Waals surface area contributed by atoms with Crippen LogP contribution in [0.25, 0.3) is 0 Å². The molecule has 0 aliphatic heterocycles. The smallest absolute Gasteiger partial charge is 0.313 e. The zero-order valence-corrected chi connectivity index (χ0v) is 8.44. The molecule has 1 aromatic rings. The van der Waals surface area contributed by atoms with Gasteiger partial charge in [-0.1, -0.05) is 0 Å². The number of nitrogens with zero attached hydrogens (tertiary/aromatic N) is 1. The minimum Gasteiger partial charge on any atom is -0.502 e. The maximum absolute atomic E-state index is 13.1. The monoisotopic (exact) mass is 226 g/mol. The van der Waals surface area contributed by atoms with Crippen molar-refractivity contribution in [1.82, 2.24) is 0 Å². The molecule has 16 heavy (non-hydrogen) atoms. The summed E-state index contributed by atoms with van der Waals surface area (Å²) in [5.41, 5.74) is 4.98. The summed E-state index contributed by atoms with van der Waals surface area (Å²) in [5.74, 6) is -1.22. The summed E-state index contributed by atoms with van der Waals surface area (Å²) in [6, 6.07) is 1.80. The van der Waals surface area contributed by atoms with Gasteiger partial charge in [-0.25, -0.2) is 4.39 Å². The molecule has 1 aliphatic carbocycles. The van der Waals surface area contributed by atoms with E-state index in [1.807, 2.05) is 0 Å². The van der Waals surface area contributed by atoms with Gasteiger partial charge in [0.05, 0.1) is 11.0 Å². The van der Waals surface area contributed by atoms with Gasteiger partial charge < -0.3 is 10.8 Å². The highest BCUT2D eigenvalue weighted by Gasteiger charge is 2.39. The van der Waals surface area contributed by atoms with Crippen molar-refractivity contribution in [3.8, 4) is 5.75 Å². The summed E-state index contributed by atoms with van der Waals surface area (Å²) in [4.78, 5) is 9.75. The summed E-state index contributed by atoms with van der Waals surface area (Å²) >= 11 is 0. The summed E-state index contributed by atoms with van der Waals surface area (Å²) in [6.45, 7) is 0. The molecule has 0 unspecified atom stereocenters. The molecule has 6 heteroatoms. The van der Waals surface area contributed by atoms with Crippen molar-refractivity contribution in [2.45, 2.75) is 24.8 Å². The first-order chi connectivity index (χ1) is 7.41. The predicted molar refractivity (Wildman–Crippen MR) is 54.6 cm³/mol. The molecule has 0 saturated heterocycles. The fourth-order valence-corrected chi connectivity index (χ4v) is 1.63. The molecule has 1 aromatic carbocycles. The Bertz CT molecular complexity index is 458. The Morgan fingerprint density at radius 1 is 1.56 bits per heavy atom. The van der Waals surface area contributed by atoms with E-state index in [0.717, 1.165) is 18.9 Å². The molecular formula is C10H11FN2O3. The van der Waals surface area contributed by atoms with Gasteiger partial charge >= 0.3 is 5.69 Å². The first-order valence-corrected chi connectivity index (χ1v) is 4.86. The van der Waals surface area contributed by atoms with E-state index in [4.69, 9.17) is 5.73 Å². The Kier molecular flexibility index (Phi) is 2.31. The van der Waals surface area contributed by atoms with E-state index in [1.54, 1.807) is 0 Å². The van der Waals surface area contributed by atoms with Crippen LogP contribution < -0.4 is 5.73 Å². The molecular weight excluding hydrogens is 215 g/mol. The van der Waals surface area contributed by atoms with Gasteiger partial charge in [0.25, 0.3) is 0 Å². The average molecular weight is 226 g/mol. The summed E-state index contributed by atoms with van der Waals surface area (Å²) in [7, 11) is 0. The van der Waals surface area contributed by atoms with Gasteiger partial charge in [0.2, 0.25) is 0 Å². The topological polar surface area (TPSA) is 89.4 Å². The van der Waals surface area contributed by atoms with Crippen molar-refractivity contribution in [3.63, 3.8) is 0 Å². The van der Waals surface area contributed by atoms with Crippen molar-refractivity contribution in [3.05, 3.63) is 33.6 Å². The van der Waals surface area contributed by atoms with Crippen LogP contribution in [0.4, 0.5) is 10.1 Å². The second-order valence-corrected chi connectivity index (χ2v) is 4.23. The number of nitro groups is 1. The molecule has 0 bridgehead atoms.